The molecular formula is C42H52N2O2. The van der Waals surface area contributed by atoms with Crippen LogP contribution in [0.25, 0.3) is 0 Å². The molecule has 4 aromatic rings. The third-order valence-electron chi connectivity index (χ3n) is 8.49. The van der Waals surface area contributed by atoms with Crippen molar-refractivity contribution in [3.8, 4) is 11.5 Å². The first kappa shape index (κ1) is 34.7. The van der Waals surface area contributed by atoms with Gasteiger partial charge in [0.05, 0.1) is 12.1 Å². The fourth-order valence-corrected chi connectivity index (χ4v) is 5.94. The number of rotatable bonds is 11. The lowest BCUT2D eigenvalue weighted by atomic mass is 9.84. The smallest absolute Gasteiger partial charge is 0.128 e. The van der Waals surface area contributed by atoms with Crippen LogP contribution in [0.15, 0.2) is 94.9 Å². The number of phenolic OH excluding ortho intramolecular Hbond substituents is 2. The van der Waals surface area contributed by atoms with Crippen LogP contribution in [0, 0.1) is 13.8 Å². The number of aryl methyl sites for hydroxylation is 2. The summed E-state index contributed by atoms with van der Waals surface area (Å²) in [5, 5.41) is 22.4. The van der Waals surface area contributed by atoms with Crippen molar-refractivity contribution in [2.75, 3.05) is 0 Å². The predicted molar refractivity (Wildman–Crippen MR) is 195 cm³/mol. The second kappa shape index (κ2) is 14.9. The minimum absolute atomic E-state index is 0.00809. The van der Waals surface area contributed by atoms with E-state index in [0.29, 0.717) is 11.5 Å². The van der Waals surface area contributed by atoms with Crippen molar-refractivity contribution < 1.29 is 10.2 Å². The number of benzene rings is 4. The fourth-order valence-electron chi connectivity index (χ4n) is 5.94. The molecule has 242 valence electrons. The molecule has 0 aliphatic heterocycles. The quantitative estimate of drug-likeness (QED) is 0.165. The van der Waals surface area contributed by atoms with Crippen LogP contribution in [-0.4, -0.2) is 34.7 Å². The number of aromatic hydroxyl groups is 2. The standard InChI is InChI=1S/C42H52N2O2/c1-29-21-33(39(45)37(23-29)41(3,4)5)27-43-35(25-31-15-11-9-12-16-31)19-20-36(26-32-17-13-10-14-18-32)44-28-34-22-30(2)24-38(40(34)46)42(6,7)8/h9-18,21-24,27-28,35-36,45-46H,19-20,25-26H2,1-8H3/t35-,36-/m0/s1. The summed E-state index contributed by atoms with van der Waals surface area (Å²) in [4.78, 5) is 10.2. The summed E-state index contributed by atoms with van der Waals surface area (Å²) in [6.45, 7) is 16.8. The monoisotopic (exact) mass is 616 g/mol. The van der Waals surface area contributed by atoms with Crippen molar-refractivity contribution in [3.63, 3.8) is 0 Å². The average molecular weight is 617 g/mol. The maximum absolute atomic E-state index is 11.2. The zero-order valence-corrected chi connectivity index (χ0v) is 29.0. The summed E-state index contributed by atoms with van der Waals surface area (Å²) >= 11 is 0. The molecule has 0 spiro atoms. The highest BCUT2D eigenvalue weighted by atomic mass is 16.3. The van der Waals surface area contributed by atoms with Crippen LogP contribution in [0.5, 0.6) is 11.5 Å². The van der Waals surface area contributed by atoms with E-state index in [1.807, 2.05) is 36.7 Å². The minimum Gasteiger partial charge on any atom is -0.507 e. The summed E-state index contributed by atoms with van der Waals surface area (Å²) in [7, 11) is 0. The largest absolute Gasteiger partial charge is 0.507 e. The number of aliphatic imine (C=N–C) groups is 2. The van der Waals surface area contributed by atoms with E-state index in [-0.39, 0.29) is 22.9 Å². The Morgan fingerprint density at radius 1 is 0.565 bits per heavy atom. The van der Waals surface area contributed by atoms with Gasteiger partial charge in [-0.1, -0.05) is 114 Å². The summed E-state index contributed by atoms with van der Waals surface area (Å²) in [6, 6.07) is 29.1. The predicted octanol–water partition coefficient (Wildman–Crippen LogP) is 9.85. The minimum atomic E-state index is -0.176. The lowest BCUT2D eigenvalue weighted by molar-refractivity contribution is 0.444. The molecule has 0 unspecified atom stereocenters. The molecule has 4 nitrogen and oxygen atoms in total. The number of nitrogens with zero attached hydrogens (tertiary/aromatic N) is 2. The molecule has 0 saturated heterocycles. The van der Waals surface area contributed by atoms with Gasteiger partial charge in [-0.15, -0.1) is 0 Å². The summed E-state index contributed by atoms with van der Waals surface area (Å²) in [5.74, 6) is 0.610. The van der Waals surface area contributed by atoms with E-state index < -0.39 is 0 Å². The Labute approximate surface area is 277 Å². The van der Waals surface area contributed by atoms with Gasteiger partial charge in [0.2, 0.25) is 0 Å². The van der Waals surface area contributed by atoms with Crippen molar-refractivity contribution in [3.05, 3.63) is 129 Å². The van der Waals surface area contributed by atoms with Crippen molar-refractivity contribution in [2.24, 2.45) is 9.98 Å². The molecule has 0 aliphatic rings. The van der Waals surface area contributed by atoms with E-state index in [4.69, 9.17) is 9.98 Å². The van der Waals surface area contributed by atoms with E-state index in [0.717, 1.165) is 59.1 Å². The molecule has 0 bridgehead atoms. The summed E-state index contributed by atoms with van der Waals surface area (Å²) in [6.07, 6.45) is 6.97. The molecule has 0 heterocycles. The first-order valence-corrected chi connectivity index (χ1v) is 16.5. The van der Waals surface area contributed by atoms with Crippen LogP contribution < -0.4 is 0 Å². The Balaban J connectivity index is 1.64. The van der Waals surface area contributed by atoms with Crippen LogP contribution in [-0.2, 0) is 23.7 Å². The lowest BCUT2D eigenvalue weighted by Crippen LogP contribution is -2.16. The van der Waals surface area contributed by atoms with Crippen molar-refractivity contribution in [2.45, 2.75) is 104 Å². The Kier molecular flexibility index (Phi) is 11.3. The molecule has 0 saturated carbocycles. The van der Waals surface area contributed by atoms with Gasteiger partial charge in [0.25, 0.3) is 0 Å². The van der Waals surface area contributed by atoms with Crippen molar-refractivity contribution in [1.29, 1.82) is 0 Å². The fraction of sp³-hybridized carbons (Fsp3) is 0.381. The normalized spacial score (nSPS) is 13.8. The Bertz CT molecular complexity index is 1520. The first-order valence-electron chi connectivity index (χ1n) is 16.5. The van der Waals surface area contributed by atoms with E-state index >= 15 is 0 Å². The molecule has 4 aromatic carbocycles. The molecular weight excluding hydrogens is 564 g/mol. The molecule has 2 N–H and O–H groups in total. The molecule has 4 rings (SSSR count). The van der Waals surface area contributed by atoms with Crippen LogP contribution >= 0.6 is 0 Å². The van der Waals surface area contributed by atoms with Crippen molar-refractivity contribution >= 4 is 12.4 Å². The molecule has 0 amide bonds. The van der Waals surface area contributed by atoms with Gasteiger partial charge < -0.3 is 10.2 Å². The number of hydrogen-bond acceptors (Lipinski definition) is 4. The van der Waals surface area contributed by atoms with Crippen LogP contribution in [0.1, 0.15) is 98.9 Å². The van der Waals surface area contributed by atoms with E-state index in [9.17, 15) is 10.2 Å². The van der Waals surface area contributed by atoms with Gasteiger partial charge in [0.15, 0.2) is 0 Å². The molecule has 2 atom stereocenters. The second-order valence-electron chi connectivity index (χ2n) is 14.8. The first-order chi connectivity index (χ1) is 21.7. The third kappa shape index (κ3) is 9.66. The van der Waals surface area contributed by atoms with Crippen LogP contribution in [0.2, 0.25) is 0 Å². The molecule has 0 radical (unpaired) electrons. The van der Waals surface area contributed by atoms with Gasteiger partial charge in [-0.3, -0.25) is 9.98 Å². The Morgan fingerprint density at radius 3 is 1.24 bits per heavy atom. The molecule has 0 aromatic heterocycles. The summed E-state index contributed by atoms with van der Waals surface area (Å²) in [5.41, 5.74) is 7.70. The molecule has 46 heavy (non-hydrogen) atoms. The van der Waals surface area contributed by atoms with E-state index in [1.165, 1.54) is 11.1 Å². The second-order valence-corrected chi connectivity index (χ2v) is 14.8. The van der Waals surface area contributed by atoms with Gasteiger partial charge >= 0.3 is 0 Å². The average Bonchev–Trinajstić information content (AvgIpc) is 2.99. The number of phenols is 2. The molecule has 0 fully saturated rings. The maximum Gasteiger partial charge on any atom is 0.128 e. The highest BCUT2D eigenvalue weighted by molar-refractivity contribution is 5.85. The highest BCUT2D eigenvalue weighted by Crippen LogP contribution is 2.35. The summed E-state index contributed by atoms with van der Waals surface area (Å²) < 4.78 is 0. The topological polar surface area (TPSA) is 65.2 Å². The van der Waals surface area contributed by atoms with Gasteiger partial charge in [0.1, 0.15) is 11.5 Å². The Hall–Kier alpha value is -4.18. The SMILES string of the molecule is Cc1cc(C=N[C@@H](CC[C@@H](Cc2ccccc2)N=Cc2cc(C)cc(C(C)(C)C)c2O)Cc2ccccc2)c(O)c(C(C)(C)C)c1. The van der Waals surface area contributed by atoms with E-state index in [1.54, 1.807) is 0 Å². The number of hydrogen-bond donors (Lipinski definition) is 2. The van der Waals surface area contributed by atoms with Gasteiger partial charge in [-0.25, -0.2) is 0 Å². The van der Waals surface area contributed by atoms with Gasteiger partial charge in [-0.2, -0.15) is 0 Å². The Morgan fingerprint density at radius 2 is 0.913 bits per heavy atom. The third-order valence-corrected chi connectivity index (χ3v) is 8.49. The van der Waals surface area contributed by atoms with Crippen LogP contribution in [0.4, 0.5) is 0 Å². The lowest BCUT2D eigenvalue weighted by Gasteiger charge is -2.22. The van der Waals surface area contributed by atoms with Crippen LogP contribution in [0.3, 0.4) is 0 Å². The molecule has 4 heteroatoms. The highest BCUT2D eigenvalue weighted by Gasteiger charge is 2.22. The zero-order valence-electron chi connectivity index (χ0n) is 29.0. The van der Waals surface area contributed by atoms with Gasteiger partial charge in [-0.05, 0) is 84.7 Å². The van der Waals surface area contributed by atoms with Gasteiger partial charge in [0, 0.05) is 34.7 Å². The zero-order chi connectivity index (χ0) is 33.5. The molecule has 0 aliphatic carbocycles. The maximum atomic E-state index is 11.2. The van der Waals surface area contributed by atoms with E-state index in [2.05, 4.69) is 116 Å². The van der Waals surface area contributed by atoms with Crippen molar-refractivity contribution in [1.82, 2.24) is 0 Å².